The molecule has 2 N–H and O–H groups in total. The van der Waals surface area contributed by atoms with Crippen molar-refractivity contribution in [1.82, 2.24) is 4.98 Å². The second-order valence-corrected chi connectivity index (χ2v) is 3.93. The molecular weight excluding hydrogens is 274 g/mol. The topological polar surface area (TPSA) is 37.0 Å². The fourth-order valence-electron chi connectivity index (χ4n) is 1.56. The van der Waals surface area contributed by atoms with E-state index in [-0.39, 0.29) is 17.3 Å². The van der Waals surface area contributed by atoms with Gasteiger partial charge in [-0.1, -0.05) is 0 Å². The molecule has 0 aliphatic carbocycles. The van der Waals surface area contributed by atoms with Crippen LogP contribution < -0.4 is 10.6 Å². The van der Waals surface area contributed by atoms with Crippen molar-refractivity contribution < 1.29 is 17.6 Å². The van der Waals surface area contributed by atoms with E-state index in [1.807, 2.05) is 0 Å². The molecule has 1 heterocycles. The minimum atomic E-state index is -0.979. The van der Waals surface area contributed by atoms with Crippen molar-refractivity contribution in [2.75, 3.05) is 17.2 Å². The van der Waals surface area contributed by atoms with Gasteiger partial charge >= 0.3 is 0 Å². The summed E-state index contributed by atoms with van der Waals surface area (Å²) >= 11 is 0. The zero-order valence-electron chi connectivity index (χ0n) is 10.5. The van der Waals surface area contributed by atoms with Gasteiger partial charge in [0.05, 0.1) is 5.69 Å². The van der Waals surface area contributed by atoms with Crippen LogP contribution >= 0.6 is 0 Å². The fourth-order valence-corrected chi connectivity index (χ4v) is 1.56. The van der Waals surface area contributed by atoms with E-state index in [0.29, 0.717) is 18.7 Å². The standard InChI is InChI=1S/C13H11F4N3/c1-2-18-12-9(16)6-10(17)13(20-12)19-11-4-3-7(14)5-8(11)15/h3-6H,2H2,1H3,(H2,18,19,20). The van der Waals surface area contributed by atoms with Crippen molar-refractivity contribution in [1.29, 1.82) is 0 Å². The van der Waals surface area contributed by atoms with Crippen LogP contribution in [0.3, 0.4) is 0 Å². The number of halogens is 4. The fraction of sp³-hybridized carbons (Fsp3) is 0.154. The lowest BCUT2D eigenvalue weighted by Gasteiger charge is -2.11. The number of aromatic nitrogens is 1. The first-order chi connectivity index (χ1) is 9.51. The molecule has 3 nitrogen and oxygen atoms in total. The van der Waals surface area contributed by atoms with Crippen molar-refractivity contribution in [2.24, 2.45) is 0 Å². The summed E-state index contributed by atoms with van der Waals surface area (Å²) in [6.45, 7) is 2.11. The first kappa shape index (κ1) is 14.1. The average Bonchev–Trinajstić information content (AvgIpc) is 2.38. The molecule has 2 aromatic rings. The molecule has 0 atom stereocenters. The predicted molar refractivity (Wildman–Crippen MR) is 68.0 cm³/mol. The highest BCUT2D eigenvalue weighted by molar-refractivity contribution is 5.59. The molecule has 1 aromatic heterocycles. The third-order valence-corrected chi connectivity index (χ3v) is 2.46. The van der Waals surface area contributed by atoms with Crippen LogP contribution in [0.1, 0.15) is 6.92 Å². The number of pyridine rings is 1. The van der Waals surface area contributed by atoms with Crippen molar-refractivity contribution in [3.8, 4) is 0 Å². The molecule has 106 valence electrons. The van der Waals surface area contributed by atoms with E-state index in [1.165, 1.54) is 0 Å². The average molecular weight is 285 g/mol. The first-order valence-electron chi connectivity index (χ1n) is 5.83. The monoisotopic (exact) mass is 285 g/mol. The summed E-state index contributed by atoms with van der Waals surface area (Å²) < 4.78 is 53.2. The highest BCUT2D eigenvalue weighted by Gasteiger charge is 2.13. The number of rotatable bonds is 4. The predicted octanol–water partition coefficient (Wildman–Crippen LogP) is 3.81. The van der Waals surface area contributed by atoms with Crippen LogP contribution in [0.15, 0.2) is 24.3 Å². The third-order valence-electron chi connectivity index (χ3n) is 2.46. The molecular formula is C13H11F4N3. The van der Waals surface area contributed by atoms with Gasteiger partial charge in [0.15, 0.2) is 23.3 Å². The smallest absolute Gasteiger partial charge is 0.169 e. The largest absolute Gasteiger partial charge is 0.368 e. The molecule has 20 heavy (non-hydrogen) atoms. The van der Waals surface area contributed by atoms with Crippen LogP contribution in [-0.2, 0) is 0 Å². The Kier molecular flexibility index (Phi) is 4.07. The summed E-state index contributed by atoms with van der Waals surface area (Å²) in [7, 11) is 0. The molecule has 7 heteroatoms. The normalized spacial score (nSPS) is 10.4. The van der Waals surface area contributed by atoms with Gasteiger partial charge in [-0.25, -0.2) is 22.5 Å². The second-order valence-electron chi connectivity index (χ2n) is 3.93. The lowest BCUT2D eigenvalue weighted by Crippen LogP contribution is -2.07. The Morgan fingerprint density at radius 1 is 0.950 bits per heavy atom. The van der Waals surface area contributed by atoms with Crippen LogP contribution in [-0.4, -0.2) is 11.5 Å². The summed E-state index contributed by atoms with van der Waals surface area (Å²) in [4.78, 5) is 3.69. The lowest BCUT2D eigenvalue weighted by molar-refractivity contribution is 0.577. The van der Waals surface area contributed by atoms with Crippen LogP contribution in [0.4, 0.5) is 34.9 Å². The third kappa shape index (κ3) is 2.98. The van der Waals surface area contributed by atoms with Gasteiger partial charge in [0, 0.05) is 18.7 Å². The Hall–Kier alpha value is -2.31. The maximum Gasteiger partial charge on any atom is 0.169 e. The Bertz CT molecular complexity index is 631. The minimum absolute atomic E-state index is 0.154. The van der Waals surface area contributed by atoms with Crippen molar-refractivity contribution in [2.45, 2.75) is 6.92 Å². The molecule has 0 bridgehead atoms. The Labute approximate surface area is 112 Å². The van der Waals surface area contributed by atoms with Crippen molar-refractivity contribution >= 4 is 17.3 Å². The lowest BCUT2D eigenvalue weighted by atomic mass is 10.3. The quantitative estimate of drug-likeness (QED) is 0.839. The SMILES string of the molecule is CCNc1nc(Nc2ccc(F)cc2F)c(F)cc1F. The van der Waals surface area contributed by atoms with Gasteiger partial charge in [-0.05, 0) is 19.1 Å². The minimum Gasteiger partial charge on any atom is -0.368 e. The van der Waals surface area contributed by atoms with E-state index in [0.717, 1.165) is 12.1 Å². The Morgan fingerprint density at radius 3 is 2.30 bits per heavy atom. The highest BCUT2D eigenvalue weighted by atomic mass is 19.1. The van der Waals surface area contributed by atoms with Gasteiger partial charge in [-0.3, -0.25) is 0 Å². The highest BCUT2D eigenvalue weighted by Crippen LogP contribution is 2.24. The zero-order chi connectivity index (χ0) is 14.7. The Balaban J connectivity index is 2.35. The van der Waals surface area contributed by atoms with Gasteiger partial charge in [0.25, 0.3) is 0 Å². The molecule has 0 unspecified atom stereocenters. The molecule has 1 aromatic carbocycles. The van der Waals surface area contributed by atoms with E-state index in [2.05, 4.69) is 15.6 Å². The van der Waals surface area contributed by atoms with Crippen molar-refractivity contribution in [3.05, 3.63) is 47.5 Å². The summed E-state index contributed by atoms with van der Waals surface area (Å²) in [6, 6.07) is 3.39. The number of anilines is 3. The van der Waals surface area contributed by atoms with Crippen LogP contribution in [0.2, 0.25) is 0 Å². The van der Waals surface area contributed by atoms with Crippen LogP contribution in [0.5, 0.6) is 0 Å². The van der Waals surface area contributed by atoms with E-state index in [9.17, 15) is 17.6 Å². The van der Waals surface area contributed by atoms with E-state index < -0.39 is 23.3 Å². The van der Waals surface area contributed by atoms with Crippen LogP contribution in [0, 0.1) is 23.3 Å². The zero-order valence-corrected chi connectivity index (χ0v) is 10.5. The molecule has 0 saturated heterocycles. The number of nitrogens with one attached hydrogen (secondary N) is 2. The van der Waals surface area contributed by atoms with Crippen LogP contribution in [0.25, 0.3) is 0 Å². The van der Waals surface area contributed by atoms with E-state index in [4.69, 9.17) is 0 Å². The number of benzene rings is 1. The summed E-state index contributed by atoms with van der Waals surface area (Å²) in [5.41, 5.74) is -0.160. The summed E-state index contributed by atoms with van der Waals surface area (Å²) in [6.07, 6.45) is 0. The molecule has 0 aliphatic heterocycles. The summed E-state index contributed by atoms with van der Waals surface area (Å²) in [5.74, 6) is -4.00. The second kappa shape index (κ2) is 5.77. The van der Waals surface area contributed by atoms with Gasteiger partial charge in [-0.15, -0.1) is 0 Å². The molecule has 0 fully saturated rings. The number of hydrogen-bond donors (Lipinski definition) is 2. The molecule has 0 radical (unpaired) electrons. The van der Waals surface area contributed by atoms with E-state index >= 15 is 0 Å². The summed E-state index contributed by atoms with van der Waals surface area (Å²) in [5, 5.41) is 4.97. The maximum absolute atomic E-state index is 13.6. The Morgan fingerprint density at radius 2 is 1.65 bits per heavy atom. The molecule has 0 saturated carbocycles. The molecule has 2 rings (SSSR count). The number of nitrogens with zero attached hydrogens (tertiary/aromatic N) is 1. The van der Waals surface area contributed by atoms with Crippen molar-refractivity contribution in [3.63, 3.8) is 0 Å². The maximum atomic E-state index is 13.6. The van der Waals surface area contributed by atoms with Gasteiger partial charge in [-0.2, -0.15) is 0 Å². The molecule has 0 amide bonds. The number of hydrogen-bond acceptors (Lipinski definition) is 3. The molecule has 0 aliphatic rings. The van der Waals surface area contributed by atoms with Gasteiger partial charge in [0.1, 0.15) is 11.6 Å². The first-order valence-corrected chi connectivity index (χ1v) is 5.83. The van der Waals surface area contributed by atoms with E-state index in [1.54, 1.807) is 6.92 Å². The van der Waals surface area contributed by atoms with Gasteiger partial charge in [0.2, 0.25) is 0 Å². The van der Waals surface area contributed by atoms with Gasteiger partial charge < -0.3 is 10.6 Å². The molecule has 0 spiro atoms.